The van der Waals surface area contributed by atoms with Crippen LogP contribution in [0.5, 0.6) is 0 Å². The van der Waals surface area contributed by atoms with Crippen molar-refractivity contribution in [2.24, 2.45) is 12.0 Å². The summed E-state index contributed by atoms with van der Waals surface area (Å²) >= 11 is 0. The Morgan fingerprint density at radius 2 is 2.07 bits per heavy atom. The highest BCUT2D eigenvalue weighted by Crippen LogP contribution is 2.24. The van der Waals surface area contributed by atoms with Crippen LogP contribution in [0.1, 0.15) is 37.2 Å². The number of hydrogen-bond acceptors (Lipinski definition) is 3. The Labute approximate surface area is 171 Å². The molecule has 1 aliphatic heterocycles. The summed E-state index contributed by atoms with van der Waals surface area (Å²) in [7, 11) is 3.72. The van der Waals surface area contributed by atoms with Gasteiger partial charge in [-0.25, -0.2) is 8.78 Å². The number of halogens is 2. The molecule has 1 aliphatic rings. The molecule has 158 valence electrons. The Balaban J connectivity index is 1.60. The van der Waals surface area contributed by atoms with Crippen molar-refractivity contribution in [1.82, 2.24) is 20.4 Å². The average molecular weight is 405 g/mol. The highest BCUT2D eigenvalue weighted by atomic mass is 19.1. The summed E-state index contributed by atoms with van der Waals surface area (Å²) in [4.78, 5) is 6.27. The van der Waals surface area contributed by atoms with Crippen LogP contribution in [0.25, 0.3) is 0 Å². The minimum Gasteiger partial charge on any atom is -0.367 e. The van der Waals surface area contributed by atoms with Gasteiger partial charge in [0, 0.05) is 57.1 Å². The smallest absolute Gasteiger partial charge is 0.191 e. The third-order valence-electron chi connectivity index (χ3n) is 5.46. The average Bonchev–Trinajstić information content (AvgIpc) is 3.28. The second kappa shape index (κ2) is 9.24. The topological polar surface area (TPSA) is 57.5 Å². The summed E-state index contributed by atoms with van der Waals surface area (Å²) in [5.74, 6) is -0.369. The number of aryl methyl sites for hydroxylation is 2. The zero-order valence-electron chi connectivity index (χ0n) is 17.6. The maximum Gasteiger partial charge on any atom is 0.191 e. The third kappa shape index (κ3) is 4.68. The third-order valence-corrected chi connectivity index (χ3v) is 5.46. The molecule has 2 aromatic rings. The summed E-state index contributed by atoms with van der Waals surface area (Å²) in [6.07, 6.45) is 2.66. The van der Waals surface area contributed by atoms with Gasteiger partial charge in [-0.2, -0.15) is 5.10 Å². The Morgan fingerprint density at radius 1 is 1.28 bits per heavy atom. The fraction of sp³-hybridized carbons (Fsp3) is 0.524. The van der Waals surface area contributed by atoms with Gasteiger partial charge >= 0.3 is 0 Å². The fourth-order valence-electron chi connectivity index (χ4n) is 3.99. The maximum absolute atomic E-state index is 14.1. The van der Waals surface area contributed by atoms with E-state index in [0.717, 1.165) is 31.0 Å². The number of aromatic nitrogens is 2. The molecule has 0 spiro atoms. The summed E-state index contributed by atoms with van der Waals surface area (Å²) in [5.41, 5.74) is 3.99. The molecule has 0 saturated carbocycles. The molecular weight excluding hydrogens is 374 g/mol. The molecule has 6 nitrogen and oxygen atoms in total. The van der Waals surface area contributed by atoms with Gasteiger partial charge in [-0.3, -0.25) is 9.67 Å². The zero-order chi connectivity index (χ0) is 21.0. The number of anilines is 1. The van der Waals surface area contributed by atoms with Crippen LogP contribution in [0, 0.1) is 11.6 Å². The maximum atomic E-state index is 14.1. The highest BCUT2D eigenvalue weighted by molar-refractivity contribution is 5.80. The van der Waals surface area contributed by atoms with E-state index in [1.807, 2.05) is 16.6 Å². The Bertz CT molecular complexity index is 876. The molecule has 0 bridgehead atoms. The molecule has 8 heteroatoms. The van der Waals surface area contributed by atoms with E-state index < -0.39 is 11.6 Å². The van der Waals surface area contributed by atoms with Gasteiger partial charge in [-0.05, 0) is 31.4 Å². The molecule has 0 amide bonds. The molecule has 1 atom stereocenters. The minimum absolute atomic E-state index is 0.135. The first-order chi connectivity index (χ1) is 14.0. The van der Waals surface area contributed by atoms with Crippen LogP contribution < -0.4 is 15.5 Å². The number of rotatable bonds is 6. The van der Waals surface area contributed by atoms with E-state index in [9.17, 15) is 8.78 Å². The summed E-state index contributed by atoms with van der Waals surface area (Å²) in [5, 5.41) is 11.4. The first kappa shape index (κ1) is 21.1. The largest absolute Gasteiger partial charge is 0.367 e. The van der Waals surface area contributed by atoms with Gasteiger partial charge in [-0.1, -0.05) is 13.8 Å². The van der Waals surface area contributed by atoms with E-state index in [1.54, 1.807) is 7.05 Å². The van der Waals surface area contributed by atoms with Crippen molar-refractivity contribution >= 4 is 11.6 Å². The first-order valence-electron chi connectivity index (χ1n) is 10.2. The monoisotopic (exact) mass is 404 g/mol. The number of aliphatic imine (C=N–C) groups is 1. The summed E-state index contributed by atoms with van der Waals surface area (Å²) in [6.45, 7) is 6.24. The molecule has 1 aromatic heterocycles. The quantitative estimate of drug-likeness (QED) is 0.574. The molecule has 1 saturated heterocycles. The molecular formula is C21H30F2N6. The lowest BCUT2D eigenvalue weighted by Gasteiger charge is -2.21. The lowest BCUT2D eigenvalue weighted by Crippen LogP contribution is -2.44. The lowest BCUT2D eigenvalue weighted by molar-refractivity contribution is 0.580. The minimum atomic E-state index is -0.557. The molecule has 3 rings (SSSR count). The van der Waals surface area contributed by atoms with Gasteiger partial charge in [0.2, 0.25) is 0 Å². The van der Waals surface area contributed by atoms with E-state index in [0.29, 0.717) is 31.3 Å². The van der Waals surface area contributed by atoms with E-state index in [-0.39, 0.29) is 6.04 Å². The lowest BCUT2D eigenvalue weighted by atomic mass is 10.1. The van der Waals surface area contributed by atoms with Crippen LogP contribution in [0.15, 0.2) is 23.2 Å². The molecule has 0 radical (unpaired) electrons. The molecule has 2 heterocycles. The number of nitrogens with zero attached hydrogens (tertiary/aromatic N) is 4. The van der Waals surface area contributed by atoms with Crippen molar-refractivity contribution in [3.63, 3.8) is 0 Å². The van der Waals surface area contributed by atoms with Crippen LogP contribution in [-0.4, -0.2) is 41.9 Å². The van der Waals surface area contributed by atoms with Gasteiger partial charge in [0.05, 0.1) is 11.4 Å². The van der Waals surface area contributed by atoms with Crippen LogP contribution in [0.4, 0.5) is 14.5 Å². The van der Waals surface area contributed by atoms with Crippen LogP contribution >= 0.6 is 0 Å². The molecule has 2 N–H and O–H groups in total. The van der Waals surface area contributed by atoms with Crippen LogP contribution in [-0.2, 0) is 26.4 Å². The van der Waals surface area contributed by atoms with Crippen molar-refractivity contribution in [2.45, 2.75) is 45.7 Å². The molecule has 0 aliphatic carbocycles. The van der Waals surface area contributed by atoms with Crippen molar-refractivity contribution in [3.05, 3.63) is 46.8 Å². The van der Waals surface area contributed by atoms with Gasteiger partial charge in [0.25, 0.3) is 0 Å². The van der Waals surface area contributed by atoms with Gasteiger partial charge in [-0.15, -0.1) is 0 Å². The number of benzene rings is 1. The van der Waals surface area contributed by atoms with Gasteiger partial charge < -0.3 is 15.5 Å². The summed E-state index contributed by atoms with van der Waals surface area (Å²) in [6, 6.07) is 3.86. The first-order valence-corrected chi connectivity index (χ1v) is 10.2. The van der Waals surface area contributed by atoms with E-state index in [2.05, 4.69) is 34.6 Å². The van der Waals surface area contributed by atoms with Crippen LogP contribution in [0.3, 0.4) is 0 Å². The number of nitrogens with one attached hydrogen (secondary N) is 2. The van der Waals surface area contributed by atoms with Crippen molar-refractivity contribution in [2.75, 3.05) is 25.0 Å². The van der Waals surface area contributed by atoms with E-state index >= 15 is 0 Å². The molecule has 1 fully saturated rings. The molecule has 1 aromatic carbocycles. The predicted octanol–water partition coefficient (Wildman–Crippen LogP) is 2.77. The van der Waals surface area contributed by atoms with Crippen LogP contribution in [0.2, 0.25) is 0 Å². The SMILES string of the molecule is CCc1nn(C)c(CC)c1CNC(=NC)NC1CCN(c2ccc(F)cc2F)C1. The Morgan fingerprint density at radius 3 is 2.72 bits per heavy atom. The highest BCUT2D eigenvalue weighted by Gasteiger charge is 2.25. The number of guanidine groups is 1. The summed E-state index contributed by atoms with van der Waals surface area (Å²) < 4.78 is 29.2. The molecule has 1 unspecified atom stereocenters. The Kier molecular flexibility index (Phi) is 6.71. The standard InChI is InChI=1S/C21H30F2N6/c1-5-18-16(19(6-2)28(4)27-18)12-25-21(24-3)26-15-9-10-29(13-15)20-8-7-14(22)11-17(20)23/h7-8,11,15H,5-6,9-10,12-13H2,1-4H3,(H2,24,25,26). The van der Waals surface area contributed by atoms with Crippen molar-refractivity contribution < 1.29 is 8.78 Å². The fourth-order valence-corrected chi connectivity index (χ4v) is 3.99. The number of hydrogen-bond donors (Lipinski definition) is 2. The predicted molar refractivity (Wildman–Crippen MR) is 112 cm³/mol. The molecule has 29 heavy (non-hydrogen) atoms. The van der Waals surface area contributed by atoms with Crippen molar-refractivity contribution in [3.8, 4) is 0 Å². The van der Waals surface area contributed by atoms with E-state index in [4.69, 9.17) is 0 Å². The zero-order valence-corrected chi connectivity index (χ0v) is 17.6. The van der Waals surface area contributed by atoms with Gasteiger partial charge in [0.1, 0.15) is 11.6 Å². The van der Waals surface area contributed by atoms with E-state index in [1.165, 1.54) is 23.4 Å². The second-order valence-corrected chi connectivity index (χ2v) is 7.30. The second-order valence-electron chi connectivity index (χ2n) is 7.30. The van der Waals surface area contributed by atoms with Gasteiger partial charge in [0.15, 0.2) is 5.96 Å². The normalized spacial score (nSPS) is 17.1. The Hall–Kier alpha value is -2.64. The van der Waals surface area contributed by atoms with Crippen molar-refractivity contribution in [1.29, 1.82) is 0 Å².